The number of nitrogens with two attached hydrogens (primary N) is 1. The zero-order chi connectivity index (χ0) is 15.1. The highest BCUT2D eigenvalue weighted by Gasteiger charge is 2.17. The Morgan fingerprint density at radius 2 is 1.86 bits per heavy atom. The smallest absolute Gasteiger partial charge is 0.346 e. The van der Waals surface area contributed by atoms with E-state index in [-0.39, 0.29) is 12.4 Å². The Morgan fingerprint density at radius 1 is 1.10 bits per heavy atom. The van der Waals surface area contributed by atoms with Gasteiger partial charge in [0.25, 0.3) is 0 Å². The highest BCUT2D eigenvalue weighted by Crippen LogP contribution is 2.24. The van der Waals surface area contributed by atoms with Crippen molar-refractivity contribution in [3.05, 3.63) is 59.7 Å². The Bertz CT molecular complexity index is 598. The molecule has 0 fully saturated rings. The third-order valence-corrected chi connectivity index (χ3v) is 2.87. The normalized spacial score (nSPS) is 10.1. The molecule has 2 aromatic carbocycles. The highest BCUT2D eigenvalue weighted by molar-refractivity contribution is 5.98. The number of carbonyl (C=O) groups is 1. The number of ether oxygens (including phenoxy) is 3. The number of rotatable bonds is 6. The van der Waals surface area contributed by atoms with Crippen LogP contribution in [0.25, 0.3) is 0 Å². The SMILES string of the molecule is COc1cccc(N)c1C(=O)OCOCc1ccccc1. The van der Waals surface area contributed by atoms with Gasteiger partial charge in [-0.3, -0.25) is 0 Å². The van der Waals surface area contributed by atoms with Crippen LogP contribution in [0, 0.1) is 0 Å². The lowest BCUT2D eigenvalue weighted by atomic mass is 10.1. The van der Waals surface area contributed by atoms with Crippen molar-refractivity contribution in [1.82, 2.24) is 0 Å². The van der Waals surface area contributed by atoms with Crippen LogP contribution in [0.4, 0.5) is 5.69 Å². The van der Waals surface area contributed by atoms with E-state index in [0.29, 0.717) is 18.0 Å². The Labute approximate surface area is 123 Å². The first kappa shape index (κ1) is 14.9. The summed E-state index contributed by atoms with van der Waals surface area (Å²) in [5, 5.41) is 0. The minimum absolute atomic E-state index is 0.148. The van der Waals surface area contributed by atoms with Gasteiger partial charge in [0, 0.05) is 5.69 Å². The minimum atomic E-state index is -0.571. The molecule has 0 saturated carbocycles. The van der Waals surface area contributed by atoms with Crippen molar-refractivity contribution < 1.29 is 19.0 Å². The molecule has 0 saturated heterocycles. The maximum atomic E-state index is 12.0. The molecule has 2 aromatic rings. The van der Waals surface area contributed by atoms with E-state index >= 15 is 0 Å². The molecule has 0 bridgehead atoms. The summed E-state index contributed by atoms with van der Waals surface area (Å²) < 4.78 is 15.5. The Morgan fingerprint density at radius 3 is 2.57 bits per heavy atom. The fourth-order valence-corrected chi connectivity index (χ4v) is 1.84. The quantitative estimate of drug-likeness (QED) is 0.383. The number of carbonyl (C=O) groups excluding carboxylic acids is 1. The third kappa shape index (κ3) is 3.97. The number of nitrogen functional groups attached to an aromatic ring is 1. The first-order chi connectivity index (χ1) is 10.2. The fraction of sp³-hybridized carbons (Fsp3) is 0.188. The number of methoxy groups -OCH3 is 1. The van der Waals surface area contributed by atoms with E-state index in [9.17, 15) is 4.79 Å². The van der Waals surface area contributed by atoms with Crippen molar-refractivity contribution in [2.24, 2.45) is 0 Å². The first-order valence-electron chi connectivity index (χ1n) is 6.43. The van der Waals surface area contributed by atoms with Crippen LogP contribution in [0.2, 0.25) is 0 Å². The minimum Gasteiger partial charge on any atom is -0.496 e. The number of hydrogen-bond donors (Lipinski definition) is 1. The first-order valence-corrected chi connectivity index (χ1v) is 6.43. The van der Waals surface area contributed by atoms with Crippen LogP contribution in [-0.2, 0) is 16.1 Å². The van der Waals surface area contributed by atoms with E-state index in [1.807, 2.05) is 30.3 Å². The number of hydrogen-bond acceptors (Lipinski definition) is 5. The summed E-state index contributed by atoms with van der Waals surface area (Å²) in [7, 11) is 1.47. The van der Waals surface area contributed by atoms with Crippen molar-refractivity contribution in [2.45, 2.75) is 6.61 Å². The van der Waals surface area contributed by atoms with Gasteiger partial charge >= 0.3 is 5.97 Å². The third-order valence-electron chi connectivity index (χ3n) is 2.87. The van der Waals surface area contributed by atoms with Gasteiger partial charge in [-0.05, 0) is 17.7 Å². The van der Waals surface area contributed by atoms with Crippen molar-refractivity contribution >= 4 is 11.7 Å². The summed E-state index contributed by atoms with van der Waals surface area (Å²) in [6, 6.07) is 14.6. The molecule has 110 valence electrons. The van der Waals surface area contributed by atoms with Crippen LogP contribution in [-0.4, -0.2) is 19.9 Å². The maximum absolute atomic E-state index is 12.0. The molecule has 0 aromatic heterocycles. The Kier molecular flexibility index (Phi) is 5.17. The van der Waals surface area contributed by atoms with E-state index in [2.05, 4.69) is 0 Å². The lowest BCUT2D eigenvalue weighted by Crippen LogP contribution is -2.12. The predicted octanol–water partition coefficient (Wildman–Crippen LogP) is 2.61. The molecule has 21 heavy (non-hydrogen) atoms. The Hall–Kier alpha value is -2.53. The van der Waals surface area contributed by atoms with Gasteiger partial charge in [0.15, 0.2) is 6.79 Å². The average Bonchev–Trinajstić information content (AvgIpc) is 2.52. The van der Waals surface area contributed by atoms with Crippen molar-refractivity contribution in [2.75, 3.05) is 19.6 Å². The highest BCUT2D eigenvalue weighted by atomic mass is 16.7. The topological polar surface area (TPSA) is 70.8 Å². The van der Waals surface area contributed by atoms with Crippen molar-refractivity contribution in [3.8, 4) is 5.75 Å². The summed E-state index contributed by atoms with van der Waals surface area (Å²) >= 11 is 0. The van der Waals surface area contributed by atoms with Gasteiger partial charge in [0.2, 0.25) is 0 Å². The summed E-state index contributed by atoms with van der Waals surface area (Å²) in [5.74, 6) is -0.193. The molecule has 2 rings (SSSR count). The van der Waals surface area contributed by atoms with Gasteiger partial charge in [-0.1, -0.05) is 36.4 Å². The molecule has 5 heteroatoms. The molecular formula is C16H17NO4. The van der Waals surface area contributed by atoms with Crippen LogP contribution in [0.5, 0.6) is 5.75 Å². The molecule has 0 amide bonds. The maximum Gasteiger partial charge on any atom is 0.346 e. The predicted molar refractivity (Wildman–Crippen MR) is 78.9 cm³/mol. The zero-order valence-corrected chi connectivity index (χ0v) is 11.7. The molecule has 0 heterocycles. The molecule has 0 aliphatic carbocycles. The second-order valence-electron chi connectivity index (χ2n) is 4.31. The van der Waals surface area contributed by atoms with Gasteiger partial charge in [-0.2, -0.15) is 0 Å². The van der Waals surface area contributed by atoms with E-state index in [4.69, 9.17) is 19.9 Å². The standard InChI is InChI=1S/C16H17NO4/c1-19-14-9-5-8-13(17)15(14)16(18)21-11-20-10-12-6-3-2-4-7-12/h2-9H,10-11,17H2,1H3. The number of anilines is 1. The van der Waals surface area contributed by atoms with Crippen molar-refractivity contribution in [3.63, 3.8) is 0 Å². The molecule has 0 aliphatic heterocycles. The van der Waals surface area contributed by atoms with Gasteiger partial charge in [-0.15, -0.1) is 0 Å². The van der Waals surface area contributed by atoms with Crippen LogP contribution in [0.15, 0.2) is 48.5 Å². The number of benzene rings is 2. The van der Waals surface area contributed by atoms with Crippen LogP contribution in [0.3, 0.4) is 0 Å². The monoisotopic (exact) mass is 287 g/mol. The summed E-state index contributed by atoms with van der Waals surface area (Å²) in [5.41, 5.74) is 7.30. The molecule has 0 atom stereocenters. The molecule has 0 aliphatic rings. The van der Waals surface area contributed by atoms with Crippen LogP contribution >= 0.6 is 0 Å². The Balaban J connectivity index is 1.88. The molecule has 2 N–H and O–H groups in total. The molecule has 5 nitrogen and oxygen atoms in total. The molecule has 0 unspecified atom stereocenters. The summed E-state index contributed by atoms with van der Waals surface area (Å²) in [6.45, 7) is 0.223. The van der Waals surface area contributed by atoms with Gasteiger partial charge in [0.1, 0.15) is 11.3 Å². The van der Waals surface area contributed by atoms with Gasteiger partial charge < -0.3 is 19.9 Å². The lowest BCUT2D eigenvalue weighted by Gasteiger charge is -2.11. The van der Waals surface area contributed by atoms with Crippen LogP contribution in [0.1, 0.15) is 15.9 Å². The van der Waals surface area contributed by atoms with Crippen molar-refractivity contribution in [1.29, 1.82) is 0 Å². The van der Waals surface area contributed by atoms with E-state index < -0.39 is 5.97 Å². The number of esters is 1. The van der Waals surface area contributed by atoms with Gasteiger partial charge in [-0.25, -0.2) is 4.79 Å². The van der Waals surface area contributed by atoms with E-state index in [0.717, 1.165) is 5.56 Å². The fourth-order valence-electron chi connectivity index (χ4n) is 1.84. The summed E-state index contributed by atoms with van der Waals surface area (Å²) in [6.07, 6.45) is 0. The zero-order valence-electron chi connectivity index (χ0n) is 11.7. The van der Waals surface area contributed by atoms with Gasteiger partial charge in [0.05, 0.1) is 13.7 Å². The molecule has 0 spiro atoms. The van der Waals surface area contributed by atoms with E-state index in [1.165, 1.54) is 7.11 Å². The second kappa shape index (κ2) is 7.31. The second-order valence-corrected chi connectivity index (χ2v) is 4.31. The molecule has 0 radical (unpaired) electrons. The molecular weight excluding hydrogens is 270 g/mol. The van der Waals surface area contributed by atoms with E-state index in [1.54, 1.807) is 18.2 Å². The average molecular weight is 287 g/mol. The lowest BCUT2D eigenvalue weighted by molar-refractivity contribution is -0.0381. The van der Waals surface area contributed by atoms with Crippen LogP contribution < -0.4 is 10.5 Å². The summed E-state index contributed by atoms with van der Waals surface area (Å²) in [4.78, 5) is 12.0. The largest absolute Gasteiger partial charge is 0.496 e.